The first kappa shape index (κ1) is 18.8. The minimum absolute atomic E-state index is 0.498. The molecule has 136 valence electrons. The van der Waals surface area contributed by atoms with Crippen LogP contribution in [0.5, 0.6) is 0 Å². The quantitative estimate of drug-likeness (QED) is 0.652. The van der Waals surface area contributed by atoms with Gasteiger partial charge in [0.05, 0.1) is 0 Å². The predicted octanol–water partition coefficient (Wildman–Crippen LogP) is 5.26. The Labute approximate surface area is 155 Å². The van der Waals surface area contributed by atoms with E-state index in [1.165, 1.54) is 14.2 Å². The third-order valence-corrected chi connectivity index (χ3v) is 6.92. The molecule has 26 heavy (non-hydrogen) atoms. The molecule has 1 heterocycles. The number of benzene rings is 2. The van der Waals surface area contributed by atoms with E-state index < -0.39 is 13.4 Å². The molecule has 3 rings (SSSR count). The smallest absolute Gasteiger partial charge is 0.311 e. The number of hydrogen-bond acceptors (Lipinski definition) is 4. The summed E-state index contributed by atoms with van der Waals surface area (Å²) in [5, 5.41) is 0. The predicted molar refractivity (Wildman–Crippen MR) is 106 cm³/mol. The minimum Gasteiger partial charge on any atom is -0.311 e. The van der Waals surface area contributed by atoms with Crippen LogP contribution >= 0.6 is 7.60 Å². The summed E-state index contributed by atoms with van der Waals surface area (Å²) in [7, 11) is -0.499. The van der Waals surface area contributed by atoms with Gasteiger partial charge in [0.15, 0.2) is 0 Å². The van der Waals surface area contributed by atoms with Gasteiger partial charge in [-0.3, -0.25) is 9.46 Å². The second-order valence-electron chi connectivity index (χ2n) is 6.14. The molecule has 0 amide bonds. The Balaban J connectivity index is 2.14. The second kappa shape index (κ2) is 8.15. The van der Waals surface area contributed by atoms with Crippen molar-refractivity contribution in [3.8, 4) is 0 Å². The SMILES string of the molecule is C=CC1=CCN(Cc2ccccc2)C(P(=O)(OC)OC)c2ccccc21. The Morgan fingerprint density at radius 3 is 2.42 bits per heavy atom. The lowest BCUT2D eigenvalue weighted by Gasteiger charge is -2.34. The van der Waals surface area contributed by atoms with Crippen LogP contribution in [0.3, 0.4) is 0 Å². The third kappa shape index (κ3) is 3.60. The van der Waals surface area contributed by atoms with Gasteiger partial charge in [0.2, 0.25) is 0 Å². The van der Waals surface area contributed by atoms with Crippen LogP contribution in [0.2, 0.25) is 0 Å². The zero-order valence-corrected chi connectivity index (χ0v) is 16.1. The third-order valence-electron chi connectivity index (χ3n) is 4.70. The van der Waals surface area contributed by atoms with E-state index >= 15 is 0 Å². The molecular formula is C21H24NO3P. The van der Waals surface area contributed by atoms with Crippen LogP contribution < -0.4 is 0 Å². The maximum atomic E-state index is 13.5. The van der Waals surface area contributed by atoms with Crippen molar-refractivity contribution in [3.63, 3.8) is 0 Å². The molecule has 0 aromatic heterocycles. The average molecular weight is 369 g/mol. The van der Waals surface area contributed by atoms with Crippen molar-refractivity contribution >= 4 is 13.2 Å². The standard InChI is InChI=1S/C21H24NO3P/c1-4-18-14-15-22(16-17-10-6-5-7-11-17)21(26(23,24-2)25-3)20-13-9-8-12-19(18)20/h4-14,21H,1,15-16H2,2-3H3. The summed E-state index contributed by atoms with van der Waals surface area (Å²) in [5.41, 5.74) is 4.11. The molecule has 0 fully saturated rings. The fourth-order valence-corrected chi connectivity index (χ4v) is 5.10. The topological polar surface area (TPSA) is 38.8 Å². The van der Waals surface area contributed by atoms with Gasteiger partial charge >= 0.3 is 7.60 Å². The highest BCUT2D eigenvalue weighted by Gasteiger charge is 2.42. The lowest BCUT2D eigenvalue weighted by Crippen LogP contribution is -2.29. The molecule has 0 radical (unpaired) electrons. The molecule has 0 aliphatic carbocycles. The first-order valence-corrected chi connectivity index (χ1v) is 10.1. The number of nitrogens with zero attached hydrogens (tertiary/aromatic N) is 1. The highest BCUT2D eigenvalue weighted by atomic mass is 31.2. The van der Waals surface area contributed by atoms with Crippen molar-refractivity contribution in [2.24, 2.45) is 0 Å². The molecule has 4 nitrogen and oxygen atoms in total. The number of allylic oxidation sites excluding steroid dienone is 2. The molecule has 0 bridgehead atoms. The fraction of sp³-hybridized carbons (Fsp3) is 0.238. The van der Waals surface area contributed by atoms with Gasteiger partial charge in [-0.1, -0.05) is 73.3 Å². The van der Waals surface area contributed by atoms with Crippen LogP contribution in [0.4, 0.5) is 0 Å². The zero-order chi connectivity index (χ0) is 18.6. The van der Waals surface area contributed by atoms with E-state index in [0.29, 0.717) is 13.1 Å². The monoisotopic (exact) mass is 369 g/mol. The van der Waals surface area contributed by atoms with Crippen molar-refractivity contribution in [2.45, 2.75) is 12.3 Å². The van der Waals surface area contributed by atoms with Crippen molar-refractivity contribution in [2.75, 3.05) is 20.8 Å². The van der Waals surface area contributed by atoms with Crippen LogP contribution in [0.25, 0.3) is 5.57 Å². The molecule has 2 aromatic carbocycles. The largest absolute Gasteiger partial charge is 0.351 e. The van der Waals surface area contributed by atoms with Gasteiger partial charge in [0.25, 0.3) is 0 Å². The van der Waals surface area contributed by atoms with E-state index in [2.05, 4.69) is 29.7 Å². The van der Waals surface area contributed by atoms with Crippen LogP contribution in [0, 0.1) is 0 Å². The van der Waals surface area contributed by atoms with Crippen molar-refractivity contribution in [3.05, 3.63) is 90.0 Å². The zero-order valence-electron chi connectivity index (χ0n) is 15.2. The normalized spacial score (nSPS) is 17.9. The Bertz CT molecular complexity index is 839. The average Bonchev–Trinajstić information content (AvgIpc) is 2.85. The van der Waals surface area contributed by atoms with Crippen molar-refractivity contribution in [1.82, 2.24) is 4.90 Å². The number of rotatable bonds is 6. The first-order valence-electron chi connectivity index (χ1n) is 8.54. The Morgan fingerprint density at radius 1 is 1.12 bits per heavy atom. The molecule has 1 aliphatic rings. The molecule has 0 saturated carbocycles. The van der Waals surface area contributed by atoms with E-state index in [-0.39, 0.29) is 0 Å². The molecule has 5 heteroatoms. The van der Waals surface area contributed by atoms with Crippen LogP contribution in [-0.4, -0.2) is 25.7 Å². The molecule has 2 aromatic rings. The summed E-state index contributed by atoms with van der Waals surface area (Å²) in [5.74, 6) is -0.498. The molecule has 1 aliphatic heterocycles. The molecule has 1 unspecified atom stereocenters. The maximum absolute atomic E-state index is 13.5. The van der Waals surface area contributed by atoms with Gasteiger partial charge in [-0.15, -0.1) is 0 Å². The summed E-state index contributed by atoms with van der Waals surface area (Å²) >= 11 is 0. The lowest BCUT2D eigenvalue weighted by atomic mass is 10.00. The van der Waals surface area contributed by atoms with Gasteiger partial charge in [-0.25, -0.2) is 0 Å². The molecule has 0 saturated heterocycles. The van der Waals surface area contributed by atoms with E-state index in [0.717, 1.165) is 22.3 Å². The Kier molecular flexibility index (Phi) is 5.90. The molecular weight excluding hydrogens is 345 g/mol. The summed E-state index contributed by atoms with van der Waals surface area (Å²) in [6.07, 6.45) is 3.96. The highest BCUT2D eigenvalue weighted by molar-refractivity contribution is 7.54. The van der Waals surface area contributed by atoms with E-state index in [1.807, 2.05) is 48.5 Å². The van der Waals surface area contributed by atoms with Crippen LogP contribution in [0.1, 0.15) is 22.5 Å². The van der Waals surface area contributed by atoms with E-state index in [9.17, 15) is 4.57 Å². The number of fused-ring (bicyclic) bond motifs is 1. The first-order chi connectivity index (χ1) is 12.6. The van der Waals surface area contributed by atoms with E-state index in [4.69, 9.17) is 9.05 Å². The molecule has 1 atom stereocenters. The van der Waals surface area contributed by atoms with Crippen LogP contribution in [0.15, 0.2) is 73.3 Å². The summed E-state index contributed by atoms with van der Waals surface area (Å²) < 4.78 is 24.3. The van der Waals surface area contributed by atoms with Gasteiger partial charge in [0, 0.05) is 27.3 Å². The molecule has 0 N–H and O–H groups in total. The summed E-state index contributed by atoms with van der Waals surface area (Å²) in [6.45, 7) is 5.20. The Morgan fingerprint density at radius 2 is 1.77 bits per heavy atom. The van der Waals surface area contributed by atoms with Crippen molar-refractivity contribution in [1.29, 1.82) is 0 Å². The Hall–Kier alpha value is -1.97. The van der Waals surface area contributed by atoms with Crippen molar-refractivity contribution < 1.29 is 13.6 Å². The van der Waals surface area contributed by atoms with Gasteiger partial charge in [0.1, 0.15) is 5.78 Å². The maximum Gasteiger partial charge on any atom is 0.351 e. The minimum atomic E-state index is -3.39. The highest BCUT2D eigenvalue weighted by Crippen LogP contribution is 2.62. The van der Waals surface area contributed by atoms with Gasteiger partial charge in [-0.2, -0.15) is 0 Å². The van der Waals surface area contributed by atoms with Crippen LogP contribution in [-0.2, 0) is 20.2 Å². The number of hydrogen-bond donors (Lipinski definition) is 0. The fourth-order valence-electron chi connectivity index (χ4n) is 3.41. The second-order valence-corrected chi connectivity index (χ2v) is 8.44. The summed E-state index contributed by atoms with van der Waals surface area (Å²) in [6, 6.07) is 18.1. The lowest BCUT2D eigenvalue weighted by molar-refractivity contribution is 0.195. The molecule has 0 spiro atoms. The van der Waals surface area contributed by atoms with Gasteiger partial charge in [-0.05, 0) is 22.3 Å². The van der Waals surface area contributed by atoms with E-state index in [1.54, 1.807) is 0 Å². The summed E-state index contributed by atoms with van der Waals surface area (Å²) in [4.78, 5) is 2.14. The van der Waals surface area contributed by atoms with Gasteiger partial charge < -0.3 is 9.05 Å².